The van der Waals surface area contributed by atoms with Gasteiger partial charge < -0.3 is 5.11 Å². The summed E-state index contributed by atoms with van der Waals surface area (Å²) in [6.45, 7) is 6.29. The number of rotatable bonds is 0. The Labute approximate surface area is 64.7 Å². The van der Waals surface area contributed by atoms with Crippen LogP contribution in [-0.2, 0) is 5.41 Å². The van der Waals surface area contributed by atoms with E-state index >= 15 is 0 Å². The third-order valence-electron chi connectivity index (χ3n) is 1.24. The molecule has 0 atom stereocenters. The normalized spacial score (nSPS) is 11.9. The topological polar surface area (TPSA) is 33.1 Å². The van der Waals surface area contributed by atoms with E-state index < -0.39 is 0 Å². The van der Waals surface area contributed by atoms with Gasteiger partial charge in [0.2, 0.25) is 5.88 Å². The van der Waals surface area contributed by atoms with Crippen molar-refractivity contribution in [2.24, 2.45) is 0 Å². The van der Waals surface area contributed by atoms with E-state index in [0.29, 0.717) is 0 Å². The number of aromatic nitrogens is 1. The second kappa shape index (κ2) is 2.23. The summed E-state index contributed by atoms with van der Waals surface area (Å²) in [5, 5.41) is 8.92. The predicted molar refractivity (Wildman–Crippen MR) is 42.5 cm³/mol. The second-order valence-corrected chi connectivity index (χ2v) is 4.10. The molecular formula is C7H11NOS. The largest absolute Gasteiger partial charge is 0.493 e. The summed E-state index contributed by atoms with van der Waals surface area (Å²) in [6, 6.07) is 1.71. The lowest BCUT2D eigenvalue weighted by Crippen LogP contribution is -2.07. The predicted octanol–water partition coefficient (Wildman–Crippen LogP) is 2.15. The quantitative estimate of drug-likeness (QED) is 0.626. The number of hydrogen-bond acceptors (Lipinski definition) is 3. The van der Waals surface area contributed by atoms with Gasteiger partial charge in [0.25, 0.3) is 0 Å². The van der Waals surface area contributed by atoms with Crippen molar-refractivity contribution in [1.29, 1.82) is 0 Å². The summed E-state index contributed by atoms with van der Waals surface area (Å²) in [6.07, 6.45) is 0. The van der Waals surface area contributed by atoms with Crippen molar-refractivity contribution in [3.05, 3.63) is 10.9 Å². The molecule has 10 heavy (non-hydrogen) atoms. The smallest absolute Gasteiger partial charge is 0.222 e. The second-order valence-electron chi connectivity index (χ2n) is 3.30. The van der Waals surface area contributed by atoms with Crippen LogP contribution in [0.4, 0.5) is 0 Å². The van der Waals surface area contributed by atoms with Crippen LogP contribution >= 0.6 is 11.5 Å². The maximum Gasteiger partial charge on any atom is 0.222 e. The summed E-state index contributed by atoms with van der Waals surface area (Å²) in [4.78, 5) is 1.12. The molecular weight excluding hydrogens is 146 g/mol. The molecule has 0 saturated heterocycles. The van der Waals surface area contributed by atoms with Gasteiger partial charge in [0.15, 0.2) is 0 Å². The van der Waals surface area contributed by atoms with Crippen molar-refractivity contribution >= 4 is 11.5 Å². The highest BCUT2D eigenvalue weighted by atomic mass is 32.1. The molecule has 1 rings (SSSR count). The summed E-state index contributed by atoms with van der Waals surface area (Å²) in [7, 11) is 0. The summed E-state index contributed by atoms with van der Waals surface area (Å²) >= 11 is 1.36. The van der Waals surface area contributed by atoms with E-state index in [0.717, 1.165) is 4.88 Å². The van der Waals surface area contributed by atoms with Gasteiger partial charge in [-0.05, 0) is 16.9 Å². The van der Waals surface area contributed by atoms with Crippen LogP contribution < -0.4 is 0 Å². The molecule has 2 nitrogen and oxygen atoms in total. The maximum atomic E-state index is 8.92. The fraction of sp³-hybridized carbons (Fsp3) is 0.571. The molecule has 0 fully saturated rings. The van der Waals surface area contributed by atoms with Gasteiger partial charge in [-0.15, -0.1) is 0 Å². The van der Waals surface area contributed by atoms with Gasteiger partial charge in [-0.25, -0.2) is 0 Å². The van der Waals surface area contributed by atoms with Gasteiger partial charge in [-0.3, -0.25) is 0 Å². The van der Waals surface area contributed by atoms with Gasteiger partial charge in [-0.2, -0.15) is 4.37 Å². The van der Waals surface area contributed by atoms with E-state index in [4.69, 9.17) is 5.11 Å². The van der Waals surface area contributed by atoms with Crippen LogP contribution in [0.25, 0.3) is 0 Å². The fourth-order valence-corrected chi connectivity index (χ4v) is 1.30. The average Bonchev–Trinajstić information content (AvgIpc) is 2.11. The molecule has 1 aromatic heterocycles. The first kappa shape index (κ1) is 7.54. The highest BCUT2D eigenvalue weighted by molar-refractivity contribution is 7.06. The first-order valence-corrected chi connectivity index (χ1v) is 3.93. The summed E-state index contributed by atoms with van der Waals surface area (Å²) < 4.78 is 3.78. The lowest BCUT2D eigenvalue weighted by atomic mass is 9.95. The zero-order valence-electron chi connectivity index (χ0n) is 6.38. The van der Waals surface area contributed by atoms with Crippen molar-refractivity contribution in [3.8, 4) is 5.88 Å². The lowest BCUT2D eigenvalue weighted by molar-refractivity contribution is 0.458. The van der Waals surface area contributed by atoms with Crippen LogP contribution in [0.15, 0.2) is 6.07 Å². The molecule has 0 bridgehead atoms. The first-order valence-electron chi connectivity index (χ1n) is 3.16. The molecule has 0 saturated carbocycles. The number of nitrogens with zero attached hydrogens (tertiary/aromatic N) is 1. The third-order valence-corrected chi connectivity index (χ3v) is 2.44. The Bertz CT molecular complexity index is 224. The molecule has 0 aliphatic carbocycles. The van der Waals surface area contributed by atoms with Crippen molar-refractivity contribution < 1.29 is 5.11 Å². The Balaban J connectivity index is 2.96. The fourth-order valence-electron chi connectivity index (χ4n) is 0.619. The Morgan fingerprint density at radius 2 is 2.10 bits per heavy atom. The van der Waals surface area contributed by atoms with Crippen LogP contribution in [-0.4, -0.2) is 9.48 Å². The monoisotopic (exact) mass is 157 g/mol. The van der Waals surface area contributed by atoms with Gasteiger partial charge in [0, 0.05) is 10.9 Å². The third kappa shape index (κ3) is 1.48. The molecule has 3 heteroatoms. The van der Waals surface area contributed by atoms with Crippen molar-refractivity contribution in [2.45, 2.75) is 26.2 Å². The first-order chi connectivity index (χ1) is 4.50. The van der Waals surface area contributed by atoms with E-state index in [2.05, 4.69) is 25.1 Å². The van der Waals surface area contributed by atoms with E-state index in [1.54, 1.807) is 6.07 Å². The van der Waals surface area contributed by atoms with E-state index in [1.807, 2.05) is 0 Å². The minimum Gasteiger partial charge on any atom is -0.493 e. The molecule has 0 unspecified atom stereocenters. The summed E-state index contributed by atoms with van der Waals surface area (Å²) in [5.74, 6) is 0.134. The van der Waals surface area contributed by atoms with Crippen LogP contribution in [0.3, 0.4) is 0 Å². The highest BCUT2D eigenvalue weighted by Crippen LogP contribution is 2.28. The Kier molecular flexibility index (Phi) is 1.68. The van der Waals surface area contributed by atoms with E-state index in [1.165, 1.54) is 11.5 Å². The van der Waals surface area contributed by atoms with Gasteiger partial charge in [-0.1, -0.05) is 20.8 Å². The van der Waals surface area contributed by atoms with Crippen molar-refractivity contribution in [1.82, 2.24) is 4.37 Å². The molecule has 56 valence electrons. The van der Waals surface area contributed by atoms with Crippen LogP contribution in [0.2, 0.25) is 0 Å². The van der Waals surface area contributed by atoms with Gasteiger partial charge in [0.1, 0.15) is 0 Å². The number of aromatic hydroxyl groups is 1. The maximum absolute atomic E-state index is 8.92. The molecule has 0 aliphatic rings. The Morgan fingerprint density at radius 3 is 2.30 bits per heavy atom. The van der Waals surface area contributed by atoms with Crippen LogP contribution in [0.1, 0.15) is 25.6 Å². The Morgan fingerprint density at radius 1 is 1.50 bits per heavy atom. The lowest BCUT2D eigenvalue weighted by Gasteiger charge is -2.13. The zero-order valence-corrected chi connectivity index (χ0v) is 7.20. The van der Waals surface area contributed by atoms with Crippen molar-refractivity contribution in [3.63, 3.8) is 0 Å². The molecule has 0 aliphatic heterocycles. The minimum atomic E-state index is 0.110. The number of hydrogen-bond donors (Lipinski definition) is 1. The minimum absolute atomic E-state index is 0.110. The van der Waals surface area contributed by atoms with Crippen molar-refractivity contribution in [2.75, 3.05) is 0 Å². The highest BCUT2D eigenvalue weighted by Gasteiger charge is 2.16. The van der Waals surface area contributed by atoms with E-state index in [-0.39, 0.29) is 11.3 Å². The molecule has 1 heterocycles. The van der Waals surface area contributed by atoms with E-state index in [9.17, 15) is 0 Å². The molecule has 0 radical (unpaired) electrons. The molecule has 0 amide bonds. The van der Waals surface area contributed by atoms with Gasteiger partial charge in [0.05, 0.1) is 0 Å². The summed E-state index contributed by atoms with van der Waals surface area (Å²) in [5.41, 5.74) is 0.110. The molecule has 0 aromatic carbocycles. The standard InChI is InChI=1S/C7H11NOS/c1-7(2,3)5-4-6(9)8-10-5/h4H,1-3H3,(H,8,9). The molecule has 0 spiro atoms. The Hall–Kier alpha value is -0.570. The van der Waals surface area contributed by atoms with Crippen LogP contribution in [0, 0.1) is 0 Å². The van der Waals surface area contributed by atoms with Crippen LogP contribution in [0.5, 0.6) is 5.88 Å². The zero-order chi connectivity index (χ0) is 7.78. The SMILES string of the molecule is CC(C)(C)c1cc(O)ns1. The molecule has 1 aromatic rings. The van der Waals surface area contributed by atoms with Gasteiger partial charge >= 0.3 is 0 Å². The average molecular weight is 157 g/mol. The molecule has 1 N–H and O–H groups in total.